The number of hydrogen-bond donors (Lipinski definition) is 0. The average molecular weight is 254 g/mol. The van der Waals surface area contributed by atoms with Crippen molar-refractivity contribution in [1.29, 1.82) is 0 Å². The molecule has 2 nitrogen and oxygen atoms in total. The van der Waals surface area contributed by atoms with Crippen LogP contribution in [0.3, 0.4) is 0 Å². The number of aldehydes is 1. The molecule has 98 valence electrons. The van der Waals surface area contributed by atoms with Crippen molar-refractivity contribution in [1.82, 2.24) is 0 Å². The van der Waals surface area contributed by atoms with Crippen molar-refractivity contribution in [2.45, 2.75) is 18.8 Å². The zero-order chi connectivity index (χ0) is 13.9. The molecular weight excluding hydrogens is 236 g/mol. The number of fused-ring (bicyclic) bond motifs is 1. The standard InChI is InChI=1S/C17H18O2/c1-4-9-17(2,12-18)15-7-5-14-11-16(19-3)8-6-13(14)10-15/h4-8,10-12H,1,9H2,2-3H3/t17-/m1/s1. The molecule has 0 fully saturated rings. The average Bonchev–Trinajstić information content (AvgIpc) is 2.46. The Morgan fingerprint density at radius 3 is 2.53 bits per heavy atom. The molecule has 0 aliphatic carbocycles. The van der Waals surface area contributed by atoms with E-state index >= 15 is 0 Å². The number of rotatable bonds is 5. The van der Waals surface area contributed by atoms with Crippen LogP contribution in [0.2, 0.25) is 0 Å². The number of carbonyl (C=O) groups is 1. The van der Waals surface area contributed by atoms with Crippen molar-refractivity contribution >= 4 is 17.1 Å². The monoisotopic (exact) mass is 254 g/mol. The minimum Gasteiger partial charge on any atom is -0.497 e. The number of ether oxygens (including phenoxy) is 1. The molecular formula is C17H18O2. The van der Waals surface area contributed by atoms with E-state index in [0.29, 0.717) is 6.42 Å². The molecule has 0 bridgehead atoms. The summed E-state index contributed by atoms with van der Waals surface area (Å²) in [4.78, 5) is 11.4. The molecule has 0 aliphatic rings. The maximum Gasteiger partial charge on any atom is 0.130 e. The molecule has 0 saturated heterocycles. The maximum absolute atomic E-state index is 11.4. The van der Waals surface area contributed by atoms with Gasteiger partial charge in [0.15, 0.2) is 0 Å². The van der Waals surface area contributed by atoms with Crippen LogP contribution in [-0.2, 0) is 10.2 Å². The van der Waals surface area contributed by atoms with Gasteiger partial charge in [-0.3, -0.25) is 0 Å². The zero-order valence-electron chi connectivity index (χ0n) is 11.3. The molecule has 19 heavy (non-hydrogen) atoms. The molecule has 0 unspecified atom stereocenters. The summed E-state index contributed by atoms with van der Waals surface area (Å²) in [5.74, 6) is 0.837. The second-order valence-electron chi connectivity index (χ2n) is 4.96. The third-order valence-corrected chi connectivity index (χ3v) is 3.54. The van der Waals surface area contributed by atoms with Crippen LogP contribution in [0.15, 0.2) is 49.1 Å². The van der Waals surface area contributed by atoms with E-state index in [1.165, 1.54) is 0 Å². The fraction of sp³-hybridized carbons (Fsp3) is 0.235. The van der Waals surface area contributed by atoms with Gasteiger partial charge in [-0.25, -0.2) is 0 Å². The minimum absolute atomic E-state index is 0.504. The first-order valence-corrected chi connectivity index (χ1v) is 6.28. The van der Waals surface area contributed by atoms with Gasteiger partial charge in [-0.2, -0.15) is 0 Å². The second kappa shape index (κ2) is 5.27. The molecule has 2 aromatic rings. The molecule has 2 rings (SSSR count). The van der Waals surface area contributed by atoms with E-state index in [1.54, 1.807) is 13.2 Å². The van der Waals surface area contributed by atoms with E-state index in [-0.39, 0.29) is 0 Å². The van der Waals surface area contributed by atoms with Crippen LogP contribution in [0.4, 0.5) is 0 Å². The highest BCUT2D eigenvalue weighted by Gasteiger charge is 2.24. The van der Waals surface area contributed by atoms with Crippen LogP contribution in [0.25, 0.3) is 10.8 Å². The van der Waals surface area contributed by atoms with Crippen LogP contribution < -0.4 is 4.74 Å². The van der Waals surface area contributed by atoms with Gasteiger partial charge in [0.2, 0.25) is 0 Å². The summed E-state index contributed by atoms with van der Waals surface area (Å²) in [6, 6.07) is 12.0. The lowest BCUT2D eigenvalue weighted by atomic mass is 9.80. The predicted octanol–water partition coefficient (Wildman–Crippen LogP) is 3.88. The summed E-state index contributed by atoms with van der Waals surface area (Å²) in [6.07, 6.45) is 3.42. The Labute approximate surface area is 113 Å². The van der Waals surface area contributed by atoms with Gasteiger partial charge < -0.3 is 9.53 Å². The van der Waals surface area contributed by atoms with Crippen LogP contribution >= 0.6 is 0 Å². The van der Waals surface area contributed by atoms with Gasteiger partial charge in [-0.1, -0.05) is 30.3 Å². The lowest BCUT2D eigenvalue weighted by Gasteiger charge is -2.22. The number of hydrogen-bond acceptors (Lipinski definition) is 2. The number of carbonyl (C=O) groups excluding carboxylic acids is 1. The Morgan fingerprint density at radius 1 is 1.21 bits per heavy atom. The highest BCUT2D eigenvalue weighted by Crippen LogP contribution is 2.30. The Hall–Kier alpha value is -2.09. The summed E-state index contributed by atoms with van der Waals surface area (Å²) in [5.41, 5.74) is 0.510. The Kier molecular flexibility index (Phi) is 3.70. The predicted molar refractivity (Wildman–Crippen MR) is 78.7 cm³/mol. The van der Waals surface area contributed by atoms with Crippen molar-refractivity contribution in [3.05, 3.63) is 54.6 Å². The van der Waals surface area contributed by atoms with Crippen molar-refractivity contribution in [2.24, 2.45) is 0 Å². The van der Waals surface area contributed by atoms with Gasteiger partial charge in [0.1, 0.15) is 12.0 Å². The molecule has 0 heterocycles. The highest BCUT2D eigenvalue weighted by molar-refractivity contribution is 5.86. The lowest BCUT2D eigenvalue weighted by Crippen LogP contribution is -2.22. The Balaban J connectivity index is 2.52. The van der Waals surface area contributed by atoms with Crippen LogP contribution in [0, 0.1) is 0 Å². The van der Waals surface area contributed by atoms with Gasteiger partial charge in [-0.15, -0.1) is 6.58 Å². The molecule has 2 aromatic carbocycles. The normalized spacial score (nSPS) is 13.8. The molecule has 0 aliphatic heterocycles. The zero-order valence-corrected chi connectivity index (χ0v) is 11.3. The summed E-state index contributed by atoms with van der Waals surface area (Å²) >= 11 is 0. The first-order chi connectivity index (χ1) is 9.12. The third kappa shape index (κ3) is 2.53. The number of methoxy groups -OCH3 is 1. The minimum atomic E-state index is -0.504. The number of allylic oxidation sites excluding steroid dienone is 1. The van der Waals surface area contributed by atoms with Gasteiger partial charge in [0.25, 0.3) is 0 Å². The molecule has 0 aromatic heterocycles. The van der Waals surface area contributed by atoms with Crippen molar-refractivity contribution in [3.8, 4) is 5.75 Å². The quantitative estimate of drug-likeness (QED) is 0.598. The fourth-order valence-electron chi connectivity index (χ4n) is 2.24. The van der Waals surface area contributed by atoms with Crippen LogP contribution in [0.5, 0.6) is 5.75 Å². The molecule has 0 N–H and O–H groups in total. The molecule has 2 heteroatoms. The van der Waals surface area contributed by atoms with Crippen molar-refractivity contribution < 1.29 is 9.53 Å². The van der Waals surface area contributed by atoms with Gasteiger partial charge in [0.05, 0.1) is 12.5 Å². The highest BCUT2D eigenvalue weighted by atomic mass is 16.5. The lowest BCUT2D eigenvalue weighted by molar-refractivity contribution is -0.112. The summed E-state index contributed by atoms with van der Waals surface area (Å²) < 4.78 is 5.21. The Bertz CT molecular complexity index is 616. The third-order valence-electron chi connectivity index (χ3n) is 3.54. The van der Waals surface area contributed by atoms with E-state index in [4.69, 9.17) is 4.74 Å². The van der Waals surface area contributed by atoms with Crippen LogP contribution in [0.1, 0.15) is 18.9 Å². The van der Waals surface area contributed by atoms with E-state index < -0.39 is 5.41 Å². The molecule has 1 atom stereocenters. The Morgan fingerprint density at radius 2 is 1.89 bits per heavy atom. The van der Waals surface area contributed by atoms with Gasteiger partial charge in [-0.05, 0) is 41.8 Å². The maximum atomic E-state index is 11.4. The summed E-state index contributed by atoms with van der Waals surface area (Å²) in [7, 11) is 1.66. The van der Waals surface area contributed by atoms with Gasteiger partial charge in [0, 0.05) is 0 Å². The number of benzene rings is 2. The fourth-order valence-corrected chi connectivity index (χ4v) is 2.24. The summed E-state index contributed by atoms with van der Waals surface area (Å²) in [5, 5.41) is 2.21. The second-order valence-corrected chi connectivity index (χ2v) is 4.96. The smallest absolute Gasteiger partial charge is 0.130 e. The molecule has 0 spiro atoms. The van der Waals surface area contributed by atoms with E-state index in [0.717, 1.165) is 28.4 Å². The van der Waals surface area contributed by atoms with E-state index in [9.17, 15) is 4.79 Å². The van der Waals surface area contributed by atoms with Crippen LogP contribution in [-0.4, -0.2) is 13.4 Å². The molecule has 0 amide bonds. The largest absolute Gasteiger partial charge is 0.497 e. The van der Waals surface area contributed by atoms with E-state index in [1.807, 2.05) is 37.3 Å². The first-order valence-electron chi connectivity index (χ1n) is 6.28. The van der Waals surface area contributed by atoms with Crippen molar-refractivity contribution in [2.75, 3.05) is 7.11 Å². The topological polar surface area (TPSA) is 26.3 Å². The SMILES string of the molecule is C=CC[C@](C)(C=O)c1ccc2cc(OC)ccc2c1. The van der Waals surface area contributed by atoms with E-state index in [2.05, 4.69) is 12.6 Å². The van der Waals surface area contributed by atoms with Gasteiger partial charge >= 0.3 is 0 Å². The molecule has 0 radical (unpaired) electrons. The summed E-state index contributed by atoms with van der Waals surface area (Å²) in [6.45, 7) is 5.67. The molecule has 0 saturated carbocycles. The first kappa shape index (κ1) is 13.3. The van der Waals surface area contributed by atoms with Crippen molar-refractivity contribution in [3.63, 3.8) is 0 Å².